The molecule has 2 aromatic rings. The number of carbonyl (C=O) groups is 1. The lowest BCUT2D eigenvalue weighted by molar-refractivity contribution is -0.114. The van der Waals surface area contributed by atoms with Gasteiger partial charge in [-0.1, -0.05) is 17.7 Å². The van der Waals surface area contributed by atoms with Gasteiger partial charge in [0.2, 0.25) is 5.91 Å². The lowest BCUT2D eigenvalue weighted by Gasteiger charge is -2.11. The highest BCUT2D eigenvalue weighted by molar-refractivity contribution is 6.31. The number of benzene rings is 2. The Kier molecular flexibility index (Phi) is 4.75. The molecule has 0 aliphatic rings. The molecule has 0 saturated carbocycles. The fraction of sp³-hybridized carbons (Fsp3) is 0.133. The highest BCUT2D eigenvalue weighted by Crippen LogP contribution is 2.22. The van der Waals surface area contributed by atoms with Gasteiger partial charge in [-0.3, -0.25) is 4.79 Å². The SMILES string of the molecule is Cc1c(Cl)cccc1NCC(=O)Nc1ccc(F)cc1F. The van der Waals surface area contributed by atoms with Crippen LogP contribution >= 0.6 is 11.6 Å². The average molecular weight is 311 g/mol. The van der Waals surface area contributed by atoms with Gasteiger partial charge in [-0.05, 0) is 36.8 Å². The van der Waals surface area contributed by atoms with E-state index in [1.807, 2.05) is 6.92 Å². The lowest BCUT2D eigenvalue weighted by Crippen LogP contribution is -2.22. The van der Waals surface area contributed by atoms with Gasteiger partial charge in [0.05, 0.1) is 12.2 Å². The van der Waals surface area contributed by atoms with Crippen LogP contribution in [0.2, 0.25) is 5.02 Å². The van der Waals surface area contributed by atoms with E-state index in [0.29, 0.717) is 11.1 Å². The van der Waals surface area contributed by atoms with Crippen molar-refractivity contribution in [2.75, 3.05) is 17.2 Å². The Balaban J connectivity index is 1.97. The second kappa shape index (κ2) is 6.54. The first-order valence-electron chi connectivity index (χ1n) is 6.21. The molecular formula is C15H13ClF2N2O. The molecule has 0 radical (unpaired) electrons. The third-order valence-corrected chi connectivity index (χ3v) is 3.32. The summed E-state index contributed by atoms with van der Waals surface area (Å²) in [6.45, 7) is 1.76. The van der Waals surface area contributed by atoms with Crippen molar-refractivity contribution in [2.24, 2.45) is 0 Å². The van der Waals surface area contributed by atoms with Crippen molar-refractivity contribution in [3.8, 4) is 0 Å². The van der Waals surface area contributed by atoms with E-state index in [1.165, 1.54) is 6.07 Å². The minimum absolute atomic E-state index is 0.0575. The van der Waals surface area contributed by atoms with Gasteiger partial charge in [-0.25, -0.2) is 8.78 Å². The molecule has 3 nitrogen and oxygen atoms in total. The molecule has 0 spiro atoms. The summed E-state index contributed by atoms with van der Waals surface area (Å²) in [5.41, 5.74) is 1.48. The zero-order valence-corrected chi connectivity index (χ0v) is 12.0. The van der Waals surface area contributed by atoms with Gasteiger partial charge in [-0.2, -0.15) is 0 Å². The fourth-order valence-corrected chi connectivity index (χ4v) is 1.93. The molecule has 2 rings (SSSR count). The summed E-state index contributed by atoms with van der Waals surface area (Å²) in [5.74, 6) is -1.96. The van der Waals surface area contributed by atoms with Crippen LogP contribution in [0.25, 0.3) is 0 Å². The van der Waals surface area contributed by atoms with Crippen molar-refractivity contribution in [3.63, 3.8) is 0 Å². The Hall–Kier alpha value is -2.14. The first-order chi connectivity index (χ1) is 9.97. The fourth-order valence-electron chi connectivity index (χ4n) is 1.76. The zero-order chi connectivity index (χ0) is 15.4. The van der Waals surface area contributed by atoms with Crippen LogP contribution in [0.5, 0.6) is 0 Å². The summed E-state index contributed by atoms with van der Waals surface area (Å²) in [7, 11) is 0. The Morgan fingerprint density at radius 1 is 1.19 bits per heavy atom. The van der Waals surface area contributed by atoms with Crippen molar-refractivity contribution in [3.05, 3.63) is 58.6 Å². The minimum Gasteiger partial charge on any atom is -0.376 e. The van der Waals surface area contributed by atoms with Gasteiger partial charge < -0.3 is 10.6 Å². The number of halogens is 3. The van der Waals surface area contributed by atoms with E-state index in [9.17, 15) is 13.6 Å². The summed E-state index contributed by atoms with van der Waals surface area (Å²) >= 11 is 5.97. The lowest BCUT2D eigenvalue weighted by atomic mass is 10.2. The third-order valence-electron chi connectivity index (χ3n) is 2.91. The first kappa shape index (κ1) is 15.3. The normalized spacial score (nSPS) is 10.3. The first-order valence-corrected chi connectivity index (χ1v) is 6.59. The van der Waals surface area contributed by atoms with E-state index >= 15 is 0 Å². The standard InChI is InChI=1S/C15H13ClF2N2O/c1-9-11(16)3-2-4-13(9)19-8-15(21)20-14-6-5-10(17)7-12(14)18/h2-7,19H,8H2,1H3,(H,20,21). The molecule has 0 unspecified atom stereocenters. The molecule has 0 heterocycles. The van der Waals surface area contributed by atoms with Gasteiger partial charge in [0.15, 0.2) is 0 Å². The van der Waals surface area contributed by atoms with E-state index in [0.717, 1.165) is 17.3 Å². The highest BCUT2D eigenvalue weighted by atomic mass is 35.5. The molecule has 0 fully saturated rings. The Labute approximate surface area is 125 Å². The van der Waals surface area contributed by atoms with Crippen LogP contribution in [0.4, 0.5) is 20.2 Å². The number of hydrogen-bond donors (Lipinski definition) is 2. The molecule has 2 N–H and O–H groups in total. The summed E-state index contributed by atoms with van der Waals surface area (Å²) < 4.78 is 26.2. The smallest absolute Gasteiger partial charge is 0.243 e. The monoisotopic (exact) mass is 310 g/mol. The second-order valence-electron chi connectivity index (χ2n) is 4.44. The van der Waals surface area contributed by atoms with Crippen molar-refractivity contribution >= 4 is 28.9 Å². The van der Waals surface area contributed by atoms with E-state index in [1.54, 1.807) is 18.2 Å². The predicted octanol–water partition coefficient (Wildman–Crippen LogP) is 3.98. The Morgan fingerprint density at radius 3 is 2.67 bits per heavy atom. The van der Waals surface area contributed by atoms with Gasteiger partial charge >= 0.3 is 0 Å². The molecule has 0 atom stereocenters. The third kappa shape index (κ3) is 3.92. The van der Waals surface area contributed by atoms with E-state index in [-0.39, 0.29) is 12.2 Å². The van der Waals surface area contributed by atoms with Crippen LogP contribution in [0.3, 0.4) is 0 Å². The quantitative estimate of drug-likeness (QED) is 0.897. The summed E-state index contributed by atoms with van der Waals surface area (Å²) in [6, 6.07) is 8.25. The van der Waals surface area contributed by atoms with Gasteiger partial charge in [0.1, 0.15) is 11.6 Å². The van der Waals surface area contributed by atoms with Crippen molar-refractivity contribution < 1.29 is 13.6 Å². The highest BCUT2D eigenvalue weighted by Gasteiger charge is 2.09. The van der Waals surface area contributed by atoms with Gasteiger partial charge in [-0.15, -0.1) is 0 Å². The summed E-state index contributed by atoms with van der Waals surface area (Å²) in [6.07, 6.45) is 0. The van der Waals surface area contributed by atoms with Gasteiger partial charge in [0.25, 0.3) is 0 Å². The number of anilines is 2. The largest absolute Gasteiger partial charge is 0.376 e. The van der Waals surface area contributed by atoms with Gasteiger partial charge in [0, 0.05) is 16.8 Å². The molecule has 0 aromatic heterocycles. The average Bonchev–Trinajstić information content (AvgIpc) is 2.43. The van der Waals surface area contributed by atoms with Crippen LogP contribution in [0.1, 0.15) is 5.56 Å². The topological polar surface area (TPSA) is 41.1 Å². The van der Waals surface area contributed by atoms with E-state index in [4.69, 9.17) is 11.6 Å². The molecule has 0 aliphatic carbocycles. The number of nitrogens with one attached hydrogen (secondary N) is 2. The van der Waals surface area contributed by atoms with Crippen LogP contribution in [-0.2, 0) is 4.79 Å². The molecule has 2 aromatic carbocycles. The van der Waals surface area contributed by atoms with Crippen LogP contribution in [-0.4, -0.2) is 12.5 Å². The maximum Gasteiger partial charge on any atom is 0.243 e. The maximum absolute atomic E-state index is 13.4. The van der Waals surface area contributed by atoms with Crippen molar-refractivity contribution in [1.82, 2.24) is 0 Å². The molecule has 0 saturated heterocycles. The van der Waals surface area contributed by atoms with Crippen LogP contribution < -0.4 is 10.6 Å². The van der Waals surface area contributed by atoms with E-state index < -0.39 is 17.5 Å². The summed E-state index contributed by atoms with van der Waals surface area (Å²) in [5, 5.41) is 5.87. The molecule has 0 bridgehead atoms. The Bertz CT molecular complexity index is 677. The molecule has 0 aliphatic heterocycles. The van der Waals surface area contributed by atoms with E-state index in [2.05, 4.69) is 10.6 Å². The molecule has 110 valence electrons. The number of hydrogen-bond acceptors (Lipinski definition) is 2. The molecule has 21 heavy (non-hydrogen) atoms. The molecule has 1 amide bonds. The van der Waals surface area contributed by atoms with Crippen LogP contribution in [0.15, 0.2) is 36.4 Å². The predicted molar refractivity (Wildman–Crippen MR) is 79.7 cm³/mol. The minimum atomic E-state index is -0.817. The van der Waals surface area contributed by atoms with Crippen LogP contribution in [0, 0.1) is 18.6 Å². The number of amides is 1. The maximum atomic E-state index is 13.4. The Morgan fingerprint density at radius 2 is 1.95 bits per heavy atom. The number of rotatable bonds is 4. The summed E-state index contributed by atoms with van der Waals surface area (Å²) in [4.78, 5) is 11.8. The van der Waals surface area contributed by atoms with Crippen molar-refractivity contribution in [2.45, 2.75) is 6.92 Å². The van der Waals surface area contributed by atoms with Crippen molar-refractivity contribution in [1.29, 1.82) is 0 Å². The molecule has 6 heteroatoms. The molecular weight excluding hydrogens is 298 g/mol. The second-order valence-corrected chi connectivity index (χ2v) is 4.85. The zero-order valence-electron chi connectivity index (χ0n) is 11.2. The number of carbonyl (C=O) groups excluding carboxylic acids is 1.